The normalized spacial score (nSPS) is 19.4. The maximum atomic E-state index is 12.4. The highest BCUT2D eigenvalue weighted by Gasteiger charge is 2.45. The van der Waals surface area contributed by atoms with Crippen molar-refractivity contribution in [3.05, 3.63) is 34.9 Å². The summed E-state index contributed by atoms with van der Waals surface area (Å²) in [5.74, 6) is 0.269. The molecule has 1 aliphatic rings. The number of halogens is 1. The smallest absolute Gasteiger partial charge is 0.226 e. The first kappa shape index (κ1) is 15.4. The first-order valence-corrected chi connectivity index (χ1v) is 7.33. The van der Waals surface area contributed by atoms with Crippen LogP contribution in [0.25, 0.3) is 0 Å². The van der Waals surface area contributed by atoms with Crippen LogP contribution in [0.2, 0.25) is 5.02 Å². The van der Waals surface area contributed by atoms with Gasteiger partial charge in [-0.3, -0.25) is 4.79 Å². The van der Waals surface area contributed by atoms with Crippen molar-refractivity contribution in [2.75, 3.05) is 13.1 Å². The summed E-state index contributed by atoms with van der Waals surface area (Å²) in [4.78, 5) is 14.1. The zero-order valence-corrected chi connectivity index (χ0v) is 12.4. The number of hydrogen-bond acceptors (Lipinski definition) is 3. The van der Waals surface area contributed by atoms with Crippen molar-refractivity contribution in [1.82, 2.24) is 4.90 Å². The first-order chi connectivity index (χ1) is 10.2. The minimum atomic E-state index is -0.0245. The van der Waals surface area contributed by atoms with Crippen LogP contribution in [-0.4, -0.2) is 23.9 Å². The maximum Gasteiger partial charge on any atom is 0.226 e. The predicted molar refractivity (Wildman–Crippen MR) is 79.3 cm³/mol. The molecule has 0 N–H and O–H groups in total. The molecule has 2 rings (SSSR count). The van der Waals surface area contributed by atoms with Crippen LogP contribution in [0.5, 0.6) is 0 Å². The van der Waals surface area contributed by atoms with Gasteiger partial charge in [-0.15, -0.1) is 0 Å². The summed E-state index contributed by atoms with van der Waals surface area (Å²) in [7, 11) is 0. The topological polar surface area (TPSA) is 67.9 Å². The predicted octanol–water partition coefficient (Wildman–Crippen LogP) is 3.10. The Morgan fingerprint density at radius 2 is 1.76 bits per heavy atom. The zero-order chi connectivity index (χ0) is 15.2. The molecule has 0 bridgehead atoms. The Balaban J connectivity index is 1.97. The quantitative estimate of drug-likeness (QED) is 0.810. The number of hydrogen-bond donors (Lipinski definition) is 0. The number of benzene rings is 1. The molecule has 21 heavy (non-hydrogen) atoms. The highest BCUT2D eigenvalue weighted by Crippen LogP contribution is 2.48. The fraction of sp³-hybridized carbons (Fsp3) is 0.438. The second-order valence-corrected chi connectivity index (χ2v) is 5.58. The number of nitriles is 2. The number of carbonyl (C=O) groups excluding carboxylic acids is 1. The van der Waals surface area contributed by atoms with Gasteiger partial charge < -0.3 is 4.90 Å². The lowest BCUT2D eigenvalue weighted by Crippen LogP contribution is -2.34. The highest BCUT2D eigenvalue weighted by atomic mass is 35.5. The van der Waals surface area contributed by atoms with Gasteiger partial charge in [0.2, 0.25) is 5.91 Å². The van der Waals surface area contributed by atoms with E-state index in [0.717, 1.165) is 12.0 Å². The lowest BCUT2D eigenvalue weighted by molar-refractivity contribution is -0.132. The Kier molecular flexibility index (Phi) is 5.20. The molecule has 0 aliphatic heterocycles. The lowest BCUT2D eigenvalue weighted by atomic mass is 10.1. The van der Waals surface area contributed by atoms with Gasteiger partial charge in [0.15, 0.2) is 0 Å². The number of carbonyl (C=O) groups is 1. The van der Waals surface area contributed by atoms with Crippen molar-refractivity contribution in [2.45, 2.75) is 25.2 Å². The minimum Gasteiger partial charge on any atom is -0.340 e. The molecule has 1 aromatic carbocycles. The van der Waals surface area contributed by atoms with Crippen molar-refractivity contribution in [2.24, 2.45) is 5.92 Å². The third-order valence-corrected chi connectivity index (χ3v) is 3.96. The van der Waals surface area contributed by atoms with Crippen LogP contribution in [-0.2, 0) is 4.79 Å². The van der Waals surface area contributed by atoms with Gasteiger partial charge in [0.05, 0.1) is 25.0 Å². The van der Waals surface area contributed by atoms with E-state index in [1.54, 1.807) is 4.90 Å². The van der Waals surface area contributed by atoms with Crippen molar-refractivity contribution in [1.29, 1.82) is 10.5 Å². The largest absolute Gasteiger partial charge is 0.340 e. The molecular weight excluding hydrogens is 286 g/mol. The van der Waals surface area contributed by atoms with Gasteiger partial charge in [-0.05, 0) is 30.0 Å². The Morgan fingerprint density at radius 3 is 2.29 bits per heavy atom. The average Bonchev–Trinajstić information content (AvgIpc) is 3.28. The third-order valence-electron chi connectivity index (χ3n) is 3.70. The molecule has 4 nitrogen and oxygen atoms in total. The molecule has 1 saturated carbocycles. The molecule has 0 spiro atoms. The van der Waals surface area contributed by atoms with E-state index in [4.69, 9.17) is 22.1 Å². The molecule has 0 heterocycles. The molecule has 0 saturated heterocycles. The van der Waals surface area contributed by atoms with E-state index >= 15 is 0 Å². The molecule has 2 atom stereocenters. The fourth-order valence-electron chi connectivity index (χ4n) is 2.48. The Morgan fingerprint density at radius 1 is 1.19 bits per heavy atom. The summed E-state index contributed by atoms with van der Waals surface area (Å²) < 4.78 is 0. The monoisotopic (exact) mass is 301 g/mol. The Labute approximate surface area is 129 Å². The van der Waals surface area contributed by atoms with E-state index in [2.05, 4.69) is 0 Å². The van der Waals surface area contributed by atoms with Crippen LogP contribution in [0.1, 0.15) is 30.7 Å². The van der Waals surface area contributed by atoms with Crippen molar-refractivity contribution < 1.29 is 4.79 Å². The molecule has 2 unspecified atom stereocenters. The van der Waals surface area contributed by atoms with E-state index in [0.29, 0.717) is 31.0 Å². The maximum absolute atomic E-state index is 12.4. The Hall–Kier alpha value is -2.04. The van der Waals surface area contributed by atoms with E-state index in [1.807, 2.05) is 36.4 Å². The molecule has 5 heteroatoms. The molecule has 108 valence electrons. The van der Waals surface area contributed by atoms with E-state index < -0.39 is 0 Å². The summed E-state index contributed by atoms with van der Waals surface area (Å²) in [6.45, 7) is 0.807. The zero-order valence-electron chi connectivity index (χ0n) is 11.6. The minimum absolute atomic E-state index is 0.0245. The van der Waals surface area contributed by atoms with Crippen LogP contribution in [0.3, 0.4) is 0 Å². The van der Waals surface area contributed by atoms with Crippen molar-refractivity contribution in [3.63, 3.8) is 0 Å². The van der Waals surface area contributed by atoms with Crippen LogP contribution < -0.4 is 0 Å². The van der Waals surface area contributed by atoms with Crippen LogP contribution in [0.4, 0.5) is 0 Å². The summed E-state index contributed by atoms with van der Waals surface area (Å²) in [5, 5.41) is 18.0. The van der Waals surface area contributed by atoms with E-state index in [-0.39, 0.29) is 17.7 Å². The van der Waals surface area contributed by atoms with Gasteiger partial charge in [-0.2, -0.15) is 10.5 Å². The summed E-state index contributed by atoms with van der Waals surface area (Å²) in [6.07, 6.45) is 1.43. The van der Waals surface area contributed by atoms with Crippen LogP contribution >= 0.6 is 11.6 Å². The Bertz CT molecular complexity index is 567. The standard InChI is InChI=1S/C16H16ClN3O/c17-13-5-3-12(4-6-13)14-11-15(14)16(21)20(9-1-7-18)10-2-8-19/h3-6,14-15H,1-2,9-11H2. The number of nitrogens with zero attached hydrogens (tertiary/aromatic N) is 3. The third kappa shape index (κ3) is 3.97. The van der Waals surface area contributed by atoms with Crippen molar-refractivity contribution >= 4 is 17.5 Å². The van der Waals surface area contributed by atoms with Gasteiger partial charge in [0, 0.05) is 24.0 Å². The number of rotatable bonds is 6. The molecule has 0 radical (unpaired) electrons. The van der Waals surface area contributed by atoms with Gasteiger partial charge in [0.25, 0.3) is 0 Å². The molecule has 1 fully saturated rings. The molecule has 0 aromatic heterocycles. The van der Waals surface area contributed by atoms with Gasteiger partial charge in [-0.25, -0.2) is 0 Å². The second-order valence-electron chi connectivity index (χ2n) is 5.14. The second kappa shape index (κ2) is 7.11. The fourth-order valence-corrected chi connectivity index (χ4v) is 2.61. The summed E-state index contributed by atoms with van der Waals surface area (Å²) in [6, 6.07) is 11.7. The molecule has 1 aromatic rings. The number of amides is 1. The lowest BCUT2D eigenvalue weighted by Gasteiger charge is -2.20. The van der Waals surface area contributed by atoms with Gasteiger partial charge >= 0.3 is 0 Å². The van der Waals surface area contributed by atoms with E-state index in [1.165, 1.54) is 0 Å². The van der Waals surface area contributed by atoms with Gasteiger partial charge in [-0.1, -0.05) is 23.7 Å². The summed E-state index contributed by atoms with van der Waals surface area (Å²) in [5.41, 5.74) is 1.12. The first-order valence-electron chi connectivity index (χ1n) is 6.95. The molecule has 1 amide bonds. The van der Waals surface area contributed by atoms with E-state index in [9.17, 15) is 4.79 Å². The highest BCUT2D eigenvalue weighted by molar-refractivity contribution is 6.30. The molecule has 1 aliphatic carbocycles. The SMILES string of the molecule is N#CCCN(CCC#N)C(=O)C1CC1c1ccc(Cl)cc1. The summed E-state index contributed by atoms with van der Waals surface area (Å²) >= 11 is 5.86. The van der Waals surface area contributed by atoms with Crippen LogP contribution in [0, 0.1) is 28.6 Å². The molecular formula is C16H16ClN3O. The van der Waals surface area contributed by atoms with Crippen LogP contribution in [0.15, 0.2) is 24.3 Å². The average molecular weight is 302 g/mol. The van der Waals surface area contributed by atoms with Crippen molar-refractivity contribution in [3.8, 4) is 12.1 Å². The van der Waals surface area contributed by atoms with Gasteiger partial charge in [0.1, 0.15) is 0 Å².